The second kappa shape index (κ2) is 10.3. The maximum Gasteiger partial charge on any atom is 0.295 e. The molecule has 2 aromatic carbocycles. The summed E-state index contributed by atoms with van der Waals surface area (Å²) in [6, 6.07) is 12.4. The normalized spacial score (nSPS) is 17.9. The monoisotopic (exact) mass is 438 g/mol. The highest BCUT2D eigenvalue weighted by Crippen LogP contribution is 2.40. The Morgan fingerprint density at radius 2 is 1.75 bits per heavy atom. The molecule has 1 fully saturated rings. The molecule has 0 bridgehead atoms. The minimum atomic E-state index is -0.748. The lowest BCUT2D eigenvalue weighted by molar-refractivity contribution is -0.140. The third kappa shape index (κ3) is 4.78. The third-order valence-corrected chi connectivity index (χ3v) is 5.72. The molecule has 1 saturated heterocycles. The van der Waals surface area contributed by atoms with Gasteiger partial charge in [0.05, 0.1) is 18.2 Å². The van der Waals surface area contributed by atoms with E-state index < -0.39 is 17.7 Å². The molecule has 2 N–H and O–H groups in total. The summed E-state index contributed by atoms with van der Waals surface area (Å²) in [5.41, 5.74) is 1.08. The molecule has 0 aromatic heterocycles. The first-order chi connectivity index (χ1) is 15.4. The van der Waals surface area contributed by atoms with Crippen molar-refractivity contribution in [2.75, 3.05) is 32.8 Å². The molecular formula is C25H30N2O5. The first kappa shape index (κ1) is 23.3. The van der Waals surface area contributed by atoms with E-state index in [1.807, 2.05) is 20.8 Å². The van der Waals surface area contributed by atoms with Gasteiger partial charge >= 0.3 is 0 Å². The largest absolute Gasteiger partial charge is 0.508 e. The van der Waals surface area contributed by atoms with Gasteiger partial charge in [-0.05, 0) is 49.8 Å². The summed E-state index contributed by atoms with van der Waals surface area (Å²) in [7, 11) is 0. The first-order valence-corrected chi connectivity index (χ1v) is 10.9. The Labute approximate surface area is 188 Å². The van der Waals surface area contributed by atoms with Gasteiger partial charge in [0, 0.05) is 18.7 Å². The van der Waals surface area contributed by atoms with Crippen molar-refractivity contribution in [1.82, 2.24) is 9.80 Å². The second-order valence-electron chi connectivity index (χ2n) is 7.57. The summed E-state index contributed by atoms with van der Waals surface area (Å²) in [6.45, 7) is 9.01. The van der Waals surface area contributed by atoms with Crippen LogP contribution in [0.3, 0.4) is 0 Å². The number of ketones is 1. The molecular weight excluding hydrogens is 408 g/mol. The number of carbonyl (C=O) groups is 2. The molecule has 32 heavy (non-hydrogen) atoms. The van der Waals surface area contributed by atoms with Crippen LogP contribution in [0.4, 0.5) is 0 Å². The topological polar surface area (TPSA) is 90.3 Å². The van der Waals surface area contributed by atoms with Crippen LogP contribution in [0.15, 0.2) is 54.1 Å². The predicted octanol–water partition coefficient (Wildman–Crippen LogP) is 3.55. The zero-order valence-electron chi connectivity index (χ0n) is 18.7. The SMILES string of the molecule is CCOc1cccc(/C(O)=C2/C(=O)C(=O)N(CCN(CC)CC)C2c2ccc(O)cc2)c1. The first-order valence-electron chi connectivity index (χ1n) is 10.9. The van der Waals surface area contributed by atoms with Gasteiger partial charge < -0.3 is 24.7 Å². The molecule has 0 spiro atoms. The summed E-state index contributed by atoms with van der Waals surface area (Å²) in [5.74, 6) is -0.959. The number of amides is 1. The van der Waals surface area contributed by atoms with Crippen LogP contribution < -0.4 is 4.74 Å². The van der Waals surface area contributed by atoms with Crippen LogP contribution in [0.25, 0.3) is 5.76 Å². The number of hydrogen-bond acceptors (Lipinski definition) is 6. The number of phenols is 1. The van der Waals surface area contributed by atoms with Gasteiger partial charge in [-0.2, -0.15) is 0 Å². The van der Waals surface area contributed by atoms with E-state index in [1.165, 1.54) is 17.0 Å². The molecule has 7 heteroatoms. The fourth-order valence-electron chi connectivity index (χ4n) is 3.96. The summed E-state index contributed by atoms with van der Waals surface area (Å²) in [4.78, 5) is 29.7. The van der Waals surface area contributed by atoms with Crippen molar-refractivity contribution in [2.24, 2.45) is 0 Å². The molecule has 1 amide bonds. The molecule has 0 radical (unpaired) electrons. The molecule has 0 aliphatic carbocycles. The summed E-state index contributed by atoms with van der Waals surface area (Å²) < 4.78 is 5.51. The third-order valence-electron chi connectivity index (χ3n) is 5.72. The standard InChI is InChI=1S/C25H30N2O5/c1-4-26(5-2)14-15-27-22(17-10-12-19(28)13-11-17)21(24(30)25(27)31)23(29)18-8-7-9-20(16-18)32-6-3/h7-13,16,22,28-29H,4-6,14-15H2,1-3H3/b23-21-. The number of likely N-dealkylation sites (tertiary alicyclic amines) is 1. The highest BCUT2D eigenvalue weighted by molar-refractivity contribution is 6.46. The van der Waals surface area contributed by atoms with E-state index in [0.29, 0.717) is 36.6 Å². The Morgan fingerprint density at radius 3 is 2.38 bits per heavy atom. The average molecular weight is 439 g/mol. The number of Topliss-reactive ketones (excluding diaryl/α,β-unsaturated/α-hetero) is 1. The van der Waals surface area contributed by atoms with Gasteiger partial charge in [-0.25, -0.2) is 0 Å². The van der Waals surface area contributed by atoms with Crippen LogP contribution in [-0.2, 0) is 9.59 Å². The van der Waals surface area contributed by atoms with Crippen molar-refractivity contribution in [2.45, 2.75) is 26.8 Å². The molecule has 1 aliphatic rings. The lowest BCUT2D eigenvalue weighted by atomic mass is 9.95. The molecule has 0 saturated carbocycles. The number of rotatable bonds is 9. The van der Waals surface area contributed by atoms with Gasteiger partial charge in [0.15, 0.2) is 0 Å². The number of benzene rings is 2. The number of likely N-dealkylation sites (N-methyl/N-ethyl adjacent to an activating group) is 1. The maximum atomic E-state index is 13.1. The van der Waals surface area contributed by atoms with E-state index in [0.717, 1.165) is 13.1 Å². The van der Waals surface area contributed by atoms with Crippen molar-refractivity contribution in [3.8, 4) is 11.5 Å². The molecule has 1 unspecified atom stereocenters. The fraction of sp³-hybridized carbons (Fsp3) is 0.360. The Hall–Kier alpha value is -3.32. The van der Waals surface area contributed by atoms with Gasteiger partial charge in [-0.1, -0.05) is 38.1 Å². The number of hydrogen-bond donors (Lipinski definition) is 2. The van der Waals surface area contributed by atoms with E-state index in [1.54, 1.807) is 36.4 Å². The van der Waals surface area contributed by atoms with Crippen molar-refractivity contribution >= 4 is 17.4 Å². The Bertz CT molecular complexity index is 996. The highest BCUT2D eigenvalue weighted by atomic mass is 16.5. The predicted molar refractivity (Wildman–Crippen MR) is 123 cm³/mol. The molecule has 1 heterocycles. The smallest absolute Gasteiger partial charge is 0.295 e. The maximum absolute atomic E-state index is 13.1. The van der Waals surface area contributed by atoms with Crippen LogP contribution in [0.2, 0.25) is 0 Å². The zero-order chi connectivity index (χ0) is 23.3. The van der Waals surface area contributed by atoms with E-state index >= 15 is 0 Å². The molecule has 7 nitrogen and oxygen atoms in total. The Morgan fingerprint density at radius 1 is 1.06 bits per heavy atom. The van der Waals surface area contributed by atoms with Crippen LogP contribution in [0, 0.1) is 0 Å². The quantitative estimate of drug-likeness (QED) is 0.354. The number of nitrogens with zero attached hydrogens (tertiary/aromatic N) is 2. The number of ether oxygens (including phenoxy) is 1. The molecule has 1 atom stereocenters. The minimum Gasteiger partial charge on any atom is -0.508 e. The summed E-state index contributed by atoms with van der Waals surface area (Å²) in [5, 5.41) is 20.9. The summed E-state index contributed by atoms with van der Waals surface area (Å²) >= 11 is 0. The van der Waals surface area contributed by atoms with Gasteiger partial charge in [-0.3, -0.25) is 9.59 Å². The number of phenolic OH excluding ortho intramolecular Hbond substituents is 1. The van der Waals surface area contributed by atoms with Crippen LogP contribution in [0.1, 0.15) is 37.9 Å². The lowest BCUT2D eigenvalue weighted by Gasteiger charge is -2.28. The van der Waals surface area contributed by atoms with Gasteiger partial charge in [0.25, 0.3) is 11.7 Å². The van der Waals surface area contributed by atoms with E-state index in [4.69, 9.17) is 4.74 Å². The van der Waals surface area contributed by atoms with Crippen LogP contribution in [-0.4, -0.2) is 64.5 Å². The number of aliphatic hydroxyl groups excluding tert-OH is 1. The van der Waals surface area contributed by atoms with Gasteiger partial charge in [0.1, 0.15) is 17.3 Å². The fourth-order valence-corrected chi connectivity index (χ4v) is 3.96. The van der Waals surface area contributed by atoms with Crippen molar-refractivity contribution in [1.29, 1.82) is 0 Å². The molecule has 1 aliphatic heterocycles. The van der Waals surface area contributed by atoms with Crippen LogP contribution in [0.5, 0.6) is 11.5 Å². The molecule has 170 valence electrons. The number of aromatic hydroxyl groups is 1. The lowest BCUT2D eigenvalue weighted by Crippen LogP contribution is -2.38. The second-order valence-corrected chi connectivity index (χ2v) is 7.57. The summed E-state index contributed by atoms with van der Waals surface area (Å²) in [6.07, 6.45) is 0. The van der Waals surface area contributed by atoms with Crippen molar-refractivity contribution < 1.29 is 24.5 Å². The minimum absolute atomic E-state index is 0.0360. The molecule has 2 aromatic rings. The average Bonchev–Trinajstić information content (AvgIpc) is 3.05. The Kier molecular flexibility index (Phi) is 7.53. The van der Waals surface area contributed by atoms with E-state index in [9.17, 15) is 19.8 Å². The van der Waals surface area contributed by atoms with Crippen molar-refractivity contribution in [3.63, 3.8) is 0 Å². The number of aliphatic hydroxyl groups is 1. The van der Waals surface area contributed by atoms with Crippen LogP contribution >= 0.6 is 0 Å². The number of carbonyl (C=O) groups excluding carboxylic acids is 2. The van der Waals surface area contributed by atoms with Crippen molar-refractivity contribution in [3.05, 3.63) is 65.2 Å². The van der Waals surface area contributed by atoms with Gasteiger partial charge in [-0.15, -0.1) is 0 Å². The molecule has 3 rings (SSSR count). The Balaban J connectivity index is 2.08. The highest BCUT2D eigenvalue weighted by Gasteiger charge is 2.46. The van der Waals surface area contributed by atoms with Gasteiger partial charge in [0.2, 0.25) is 0 Å². The zero-order valence-corrected chi connectivity index (χ0v) is 18.7. The van der Waals surface area contributed by atoms with E-state index in [-0.39, 0.29) is 17.1 Å². The van der Waals surface area contributed by atoms with E-state index in [2.05, 4.69) is 4.90 Å².